The fourth-order valence-corrected chi connectivity index (χ4v) is 10.0. The third-order valence-electron chi connectivity index (χ3n) is 8.44. The van der Waals surface area contributed by atoms with Crippen molar-refractivity contribution in [3.05, 3.63) is 22.2 Å². The van der Waals surface area contributed by atoms with E-state index < -0.39 is 34.8 Å². The lowest BCUT2D eigenvalue weighted by atomic mass is 9.47. The van der Waals surface area contributed by atoms with Crippen LogP contribution in [0, 0.1) is 23.2 Å². The van der Waals surface area contributed by atoms with E-state index in [2.05, 4.69) is 10.1 Å². The Balaban J connectivity index is 1.28. The number of carbonyl (C=O) groups is 2. The van der Waals surface area contributed by atoms with Crippen LogP contribution in [-0.4, -0.2) is 56.6 Å². The third kappa shape index (κ3) is 5.77. The molecule has 9 nitrogen and oxygen atoms in total. The van der Waals surface area contributed by atoms with Crippen molar-refractivity contribution < 1.29 is 35.9 Å². The topological polar surface area (TPSA) is 122 Å². The number of amides is 2. The van der Waals surface area contributed by atoms with Crippen molar-refractivity contribution >= 4 is 50.9 Å². The van der Waals surface area contributed by atoms with E-state index in [9.17, 15) is 31.2 Å². The van der Waals surface area contributed by atoms with Crippen molar-refractivity contribution in [1.29, 1.82) is 0 Å². The van der Waals surface area contributed by atoms with Gasteiger partial charge in [-0.2, -0.15) is 12.7 Å². The van der Waals surface area contributed by atoms with Crippen LogP contribution in [-0.2, 0) is 19.8 Å². The number of ether oxygens (including phenoxy) is 1. The molecule has 4 saturated carbocycles. The summed E-state index contributed by atoms with van der Waals surface area (Å²) < 4.78 is 70.5. The number of nitrogens with two attached hydrogens (primary N) is 1. The van der Waals surface area contributed by atoms with E-state index in [4.69, 9.17) is 28.9 Å². The Bertz CT molecular complexity index is 1240. The monoisotopic (exact) mass is 612 g/mol. The van der Waals surface area contributed by atoms with E-state index in [1.54, 1.807) is 0 Å². The normalized spacial score (nSPS) is 31.8. The molecule has 0 spiro atoms. The standard InChI is InChI=1S/C24H29Cl2F3N4O5S/c25-17-6-16(38-24(27,28)29)7-18(26)22(17)33-3-1-2-32(39(33,36)37)12-20(35)31-21-14-4-13-5-15(21)10-23(8-13,9-14)11-19(30)34/h6-7,13-15,21H,1-5,8-12H2,(H2,30,34)(H,31,35). The molecular weight excluding hydrogens is 584 g/mol. The number of nitrogens with zero attached hydrogens (tertiary/aromatic N) is 2. The van der Waals surface area contributed by atoms with Gasteiger partial charge in [-0.05, 0) is 61.7 Å². The summed E-state index contributed by atoms with van der Waals surface area (Å²) in [6.07, 6.45) is 0.254. The number of anilines is 1. The Morgan fingerprint density at radius 2 is 1.72 bits per heavy atom. The molecule has 0 radical (unpaired) electrons. The van der Waals surface area contributed by atoms with Crippen LogP contribution in [0.4, 0.5) is 18.9 Å². The number of benzene rings is 1. The summed E-state index contributed by atoms with van der Waals surface area (Å²) in [4.78, 5) is 24.8. The number of alkyl halides is 3. The van der Waals surface area contributed by atoms with Gasteiger partial charge in [-0.15, -0.1) is 13.2 Å². The Hall–Kier alpha value is -1.96. The van der Waals surface area contributed by atoms with Crippen molar-refractivity contribution in [2.45, 2.75) is 57.3 Å². The minimum Gasteiger partial charge on any atom is -0.406 e. The fraction of sp³-hybridized carbons (Fsp3) is 0.667. The van der Waals surface area contributed by atoms with E-state index in [1.807, 2.05) is 0 Å². The summed E-state index contributed by atoms with van der Waals surface area (Å²) >= 11 is 12.3. The van der Waals surface area contributed by atoms with Crippen LogP contribution in [0.15, 0.2) is 12.1 Å². The summed E-state index contributed by atoms with van der Waals surface area (Å²) in [5.41, 5.74) is 5.24. The molecule has 2 amide bonds. The number of primary amides is 1. The van der Waals surface area contributed by atoms with Crippen LogP contribution >= 0.6 is 23.2 Å². The molecule has 1 aromatic rings. The summed E-state index contributed by atoms with van der Waals surface area (Å²) in [7, 11) is -4.27. The largest absolute Gasteiger partial charge is 0.573 e. The van der Waals surface area contributed by atoms with E-state index >= 15 is 0 Å². The van der Waals surface area contributed by atoms with Crippen molar-refractivity contribution in [2.24, 2.45) is 28.9 Å². The summed E-state index contributed by atoms with van der Waals surface area (Å²) in [5.74, 6) is -0.491. The molecule has 39 heavy (non-hydrogen) atoms. The van der Waals surface area contributed by atoms with Gasteiger partial charge in [-0.1, -0.05) is 23.2 Å². The maximum absolute atomic E-state index is 13.4. The third-order valence-corrected chi connectivity index (χ3v) is 10.9. The fourth-order valence-electron chi connectivity index (χ4n) is 7.53. The molecule has 4 bridgehead atoms. The molecule has 1 aliphatic heterocycles. The van der Waals surface area contributed by atoms with Gasteiger partial charge in [0.15, 0.2) is 0 Å². The van der Waals surface area contributed by atoms with Gasteiger partial charge in [0.1, 0.15) is 5.75 Å². The number of rotatable bonds is 7. The lowest BCUT2D eigenvalue weighted by molar-refractivity contribution is -0.274. The van der Waals surface area contributed by atoms with Gasteiger partial charge >= 0.3 is 16.6 Å². The molecule has 1 saturated heterocycles. The zero-order chi connectivity index (χ0) is 28.3. The number of nitrogens with one attached hydrogen (secondary N) is 1. The molecule has 216 valence electrons. The number of halogens is 5. The molecule has 2 unspecified atom stereocenters. The average Bonchev–Trinajstić information content (AvgIpc) is 2.76. The smallest absolute Gasteiger partial charge is 0.406 e. The van der Waals surface area contributed by atoms with Gasteiger partial charge in [0, 0.05) is 37.7 Å². The van der Waals surface area contributed by atoms with Gasteiger partial charge in [0.05, 0.1) is 22.3 Å². The van der Waals surface area contributed by atoms with Gasteiger partial charge in [-0.3, -0.25) is 13.9 Å². The molecule has 15 heteroatoms. The van der Waals surface area contributed by atoms with Crippen LogP contribution in [0.5, 0.6) is 5.75 Å². The second kappa shape index (κ2) is 10.1. The minimum atomic E-state index is -4.98. The van der Waals surface area contributed by atoms with E-state index in [1.165, 1.54) is 0 Å². The maximum atomic E-state index is 13.4. The Kier molecular flexibility index (Phi) is 7.43. The molecule has 0 aromatic heterocycles. The SMILES string of the molecule is NC(=O)CC12CC3CC(C1)C(NC(=O)CN1CCCN(c4c(Cl)cc(OC(F)(F)F)cc4Cl)S1(=O)=O)C(C3)C2. The van der Waals surface area contributed by atoms with Crippen LogP contribution < -0.4 is 20.1 Å². The quantitative estimate of drug-likeness (QED) is 0.484. The number of hydrogen-bond acceptors (Lipinski definition) is 5. The highest BCUT2D eigenvalue weighted by molar-refractivity contribution is 7.90. The van der Waals surface area contributed by atoms with Crippen LogP contribution in [0.25, 0.3) is 0 Å². The molecule has 5 fully saturated rings. The first-order chi connectivity index (χ1) is 18.2. The lowest BCUT2D eigenvalue weighted by Gasteiger charge is -2.60. The second-order valence-corrected chi connectivity index (χ2v) is 13.9. The maximum Gasteiger partial charge on any atom is 0.573 e. The Labute approximate surface area is 234 Å². The molecule has 2 atom stereocenters. The molecular formula is C24H29Cl2F3N4O5S. The first kappa shape index (κ1) is 28.6. The minimum absolute atomic E-state index is 0.0184. The van der Waals surface area contributed by atoms with Gasteiger partial charge < -0.3 is 15.8 Å². The van der Waals surface area contributed by atoms with Crippen LogP contribution in [0.3, 0.4) is 0 Å². The zero-order valence-corrected chi connectivity index (χ0v) is 23.2. The molecule has 3 N–H and O–H groups in total. The summed E-state index contributed by atoms with van der Waals surface area (Å²) in [6, 6.07) is 1.59. The van der Waals surface area contributed by atoms with Crippen molar-refractivity contribution in [3.63, 3.8) is 0 Å². The van der Waals surface area contributed by atoms with Crippen LogP contribution in [0.1, 0.15) is 44.9 Å². The molecule has 4 aliphatic carbocycles. The first-order valence-electron chi connectivity index (χ1n) is 12.8. The van der Waals surface area contributed by atoms with Gasteiger partial charge in [0.25, 0.3) is 0 Å². The van der Waals surface area contributed by atoms with Crippen molar-refractivity contribution in [3.8, 4) is 5.75 Å². The first-order valence-corrected chi connectivity index (χ1v) is 14.9. The van der Waals surface area contributed by atoms with Crippen LogP contribution in [0.2, 0.25) is 10.0 Å². The van der Waals surface area contributed by atoms with Crippen molar-refractivity contribution in [2.75, 3.05) is 23.9 Å². The summed E-state index contributed by atoms with van der Waals surface area (Å²) in [5, 5.41) is 2.39. The van der Waals surface area contributed by atoms with Gasteiger partial charge in [-0.25, -0.2) is 0 Å². The molecule has 1 heterocycles. The predicted molar refractivity (Wildman–Crippen MR) is 137 cm³/mol. The summed E-state index contributed by atoms with van der Waals surface area (Å²) in [6.45, 7) is -0.358. The highest BCUT2D eigenvalue weighted by Gasteiger charge is 2.56. The van der Waals surface area contributed by atoms with E-state index in [0.717, 1.165) is 52.8 Å². The van der Waals surface area contributed by atoms with Gasteiger partial charge in [0.2, 0.25) is 11.8 Å². The lowest BCUT2D eigenvalue weighted by Crippen LogP contribution is -2.61. The van der Waals surface area contributed by atoms with Crippen molar-refractivity contribution in [1.82, 2.24) is 9.62 Å². The Morgan fingerprint density at radius 1 is 1.10 bits per heavy atom. The number of hydrogen-bond donors (Lipinski definition) is 2. The molecule has 5 aliphatic rings. The molecule has 1 aromatic carbocycles. The highest BCUT2D eigenvalue weighted by atomic mass is 35.5. The van der Waals surface area contributed by atoms with E-state index in [-0.39, 0.29) is 58.0 Å². The average molecular weight is 613 g/mol. The zero-order valence-electron chi connectivity index (χ0n) is 20.8. The molecule has 6 rings (SSSR count). The highest BCUT2D eigenvalue weighted by Crippen LogP contribution is 2.61. The van der Waals surface area contributed by atoms with E-state index in [0.29, 0.717) is 18.8 Å². The predicted octanol–water partition coefficient (Wildman–Crippen LogP) is 3.84. The number of carbonyl (C=O) groups excluding carboxylic acids is 2. The Morgan fingerprint density at radius 3 is 2.28 bits per heavy atom. The second-order valence-electron chi connectivity index (χ2n) is 11.3.